The second-order valence-corrected chi connectivity index (χ2v) is 14.7. The van der Waals surface area contributed by atoms with E-state index in [1.807, 2.05) is 0 Å². The number of fused-ring (bicyclic) bond motifs is 1. The zero-order chi connectivity index (χ0) is 40.0. The summed E-state index contributed by atoms with van der Waals surface area (Å²) in [6.45, 7) is 2.89. The Kier molecular flexibility index (Phi) is 12.0. The highest BCUT2D eigenvalue weighted by Crippen LogP contribution is 2.51. The zero-order valence-electron chi connectivity index (χ0n) is 30.2. The number of halogens is 4. The second kappa shape index (κ2) is 16.9. The Morgan fingerprint density at radius 2 is 1.23 bits per heavy atom. The van der Waals surface area contributed by atoms with Crippen LogP contribution in [-0.4, -0.2) is 34.0 Å². The van der Waals surface area contributed by atoms with Gasteiger partial charge in [-0.1, -0.05) is 97.1 Å². The normalized spacial score (nSPS) is 11.8. The van der Waals surface area contributed by atoms with E-state index < -0.39 is 78.2 Å². The van der Waals surface area contributed by atoms with Crippen LogP contribution in [0.25, 0.3) is 16.6 Å². The average molecular weight is 792 g/mol. The van der Waals surface area contributed by atoms with Crippen molar-refractivity contribution < 1.29 is 54.8 Å². The average Bonchev–Trinajstić information content (AvgIpc) is 3.56. The molecule has 0 atom stereocenters. The van der Waals surface area contributed by atoms with E-state index in [4.69, 9.17) is 23.0 Å². The molecule has 0 aliphatic rings. The molecule has 16 heteroatoms. The molecule has 0 saturated carbocycles. The lowest BCUT2D eigenvalue weighted by atomic mass is 10.0. The highest BCUT2D eigenvalue weighted by atomic mass is 31.2. The number of rotatable bonds is 13. The Balaban J connectivity index is 1.37. The van der Waals surface area contributed by atoms with Gasteiger partial charge in [0.05, 0.1) is 24.3 Å². The van der Waals surface area contributed by atoms with Gasteiger partial charge in [0.25, 0.3) is 5.91 Å². The number of phosphoric acid groups is 1. The number of amides is 2. The largest absolute Gasteiger partial charge is 0.478 e. The van der Waals surface area contributed by atoms with Gasteiger partial charge in [-0.05, 0) is 49.6 Å². The quantitative estimate of drug-likeness (QED) is 0.0488. The summed E-state index contributed by atoms with van der Waals surface area (Å²) in [4.78, 5) is 28.0. The zero-order valence-corrected chi connectivity index (χ0v) is 31.1. The van der Waals surface area contributed by atoms with E-state index in [1.54, 1.807) is 60.7 Å². The van der Waals surface area contributed by atoms with Crippen LogP contribution in [0.5, 0.6) is 5.88 Å². The Morgan fingerprint density at radius 3 is 1.77 bits per heavy atom. The molecule has 56 heavy (non-hydrogen) atoms. The van der Waals surface area contributed by atoms with Crippen LogP contribution in [0.4, 0.5) is 28.0 Å². The lowest BCUT2D eigenvalue weighted by Gasteiger charge is -2.27. The van der Waals surface area contributed by atoms with E-state index in [0.29, 0.717) is 11.1 Å². The first kappa shape index (κ1) is 39.8. The van der Waals surface area contributed by atoms with Crippen molar-refractivity contribution in [2.24, 2.45) is 0 Å². The van der Waals surface area contributed by atoms with Gasteiger partial charge in [0.2, 0.25) is 12.7 Å². The monoisotopic (exact) mass is 791 g/mol. The number of aromatic nitrogens is 2. The lowest BCUT2D eigenvalue weighted by Crippen LogP contribution is -2.42. The number of ether oxygens (including phenoxy) is 2. The molecule has 2 amide bonds. The number of carbonyl (C=O) groups is 2. The highest BCUT2D eigenvalue weighted by Gasteiger charge is 2.41. The van der Waals surface area contributed by atoms with Crippen molar-refractivity contribution in [2.45, 2.75) is 39.6 Å². The number of carbonyl (C=O) groups excluding carboxylic acids is 2. The van der Waals surface area contributed by atoms with Crippen LogP contribution in [0.3, 0.4) is 0 Å². The van der Waals surface area contributed by atoms with Gasteiger partial charge in [-0.25, -0.2) is 40.9 Å². The van der Waals surface area contributed by atoms with Crippen LogP contribution in [0.15, 0.2) is 115 Å². The molecule has 4 aromatic carbocycles. The predicted molar refractivity (Wildman–Crippen MR) is 197 cm³/mol. The molecule has 2 heterocycles. The molecular weight excluding hydrogens is 757 g/mol. The molecule has 0 fully saturated rings. The van der Waals surface area contributed by atoms with Gasteiger partial charge < -0.3 is 9.47 Å². The van der Waals surface area contributed by atoms with Crippen LogP contribution in [-0.2, 0) is 36.1 Å². The third kappa shape index (κ3) is 8.98. The molecule has 6 rings (SSSR count). The molecule has 0 aliphatic heterocycles. The van der Waals surface area contributed by atoms with Gasteiger partial charge in [-0.3, -0.25) is 13.8 Å². The molecule has 0 unspecified atom stereocenters. The highest BCUT2D eigenvalue weighted by molar-refractivity contribution is 7.48. The van der Waals surface area contributed by atoms with Gasteiger partial charge in [-0.15, -0.1) is 5.10 Å². The van der Waals surface area contributed by atoms with Crippen molar-refractivity contribution in [3.05, 3.63) is 155 Å². The van der Waals surface area contributed by atoms with Gasteiger partial charge in [0.1, 0.15) is 16.9 Å². The van der Waals surface area contributed by atoms with Crippen LogP contribution < -0.4 is 9.64 Å². The molecule has 0 radical (unpaired) electrons. The van der Waals surface area contributed by atoms with E-state index in [-0.39, 0.29) is 29.2 Å². The van der Waals surface area contributed by atoms with Crippen molar-refractivity contribution in [1.82, 2.24) is 9.61 Å². The first-order valence-corrected chi connectivity index (χ1v) is 18.4. The fraction of sp³-hybridized carbons (Fsp3) is 0.175. The first-order valence-electron chi connectivity index (χ1n) is 17.0. The summed E-state index contributed by atoms with van der Waals surface area (Å²) in [7, 11) is -4.43. The third-order valence-electron chi connectivity index (χ3n) is 7.90. The number of phosphoric ester groups is 1. The van der Waals surface area contributed by atoms with E-state index in [1.165, 1.54) is 75.5 Å². The summed E-state index contributed by atoms with van der Waals surface area (Å²) in [6, 6.07) is 28.6. The summed E-state index contributed by atoms with van der Waals surface area (Å²) in [5.41, 5.74) is -3.74. The molecule has 290 valence electrons. The fourth-order valence-electron chi connectivity index (χ4n) is 5.36. The number of pyridine rings is 1. The molecular formula is C40H34F4N3O8P. The minimum Gasteiger partial charge on any atom is -0.448 e. The molecule has 2 aromatic heterocycles. The smallest absolute Gasteiger partial charge is 0.448 e. The summed E-state index contributed by atoms with van der Waals surface area (Å²) in [5, 5.41) is 4.19. The Bertz CT molecular complexity index is 2320. The van der Waals surface area contributed by atoms with Crippen LogP contribution in [0.2, 0.25) is 0 Å². The summed E-state index contributed by atoms with van der Waals surface area (Å²) < 4.78 is 106. The number of nitrogens with zero attached hydrogens (tertiary/aromatic N) is 3. The van der Waals surface area contributed by atoms with Crippen molar-refractivity contribution in [1.29, 1.82) is 0 Å². The summed E-state index contributed by atoms with van der Waals surface area (Å²) in [6.07, 6.45) is -0.305. The van der Waals surface area contributed by atoms with Crippen LogP contribution in [0.1, 0.15) is 42.3 Å². The minimum absolute atomic E-state index is 0.0763. The van der Waals surface area contributed by atoms with E-state index in [9.17, 15) is 14.2 Å². The summed E-state index contributed by atoms with van der Waals surface area (Å²) in [5.74, 6) is -10.0. The Labute approximate surface area is 318 Å². The fourth-order valence-corrected chi connectivity index (χ4v) is 6.38. The number of hydrogen-bond acceptors (Lipinski definition) is 9. The molecule has 0 bridgehead atoms. The molecule has 6 aromatic rings. The molecule has 0 saturated heterocycles. The standard InChI is InChI=1S/C40H34F4N3O8P/c1-40(2,3)55-39(49)47(36-34(43)32(41)30(33(42)35(36)44)28-19-11-6-12-20-28)38(48)31-29-21-13-14-22-46(29)45-37(31)51-25-54-56(50,52-23-26-15-7-4-8-16-26)53-24-27-17-9-5-10-18-27/h4-22H,23-25H2,1-3H3. The first-order chi connectivity index (χ1) is 26.8. The van der Waals surface area contributed by atoms with E-state index >= 15 is 17.6 Å². The van der Waals surface area contributed by atoms with Crippen LogP contribution >= 0.6 is 7.82 Å². The molecule has 0 N–H and O–H groups in total. The maximum Gasteiger partial charge on any atom is 0.478 e. The van der Waals surface area contributed by atoms with Crippen molar-refractivity contribution in [2.75, 3.05) is 11.7 Å². The second-order valence-electron chi connectivity index (χ2n) is 13.0. The number of benzene rings is 4. The predicted octanol–water partition coefficient (Wildman–Crippen LogP) is 10.0. The van der Waals surface area contributed by atoms with Crippen molar-refractivity contribution in [3.8, 4) is 17.0 Å². The van der Waals surface area contributed by atoms with Gasteiger partial charge in [0.15, 0.2) is 23.3 Å². The SMILES string of the molecule is CC(C)(C)OC(=O)N(C(=O)c1c(OCOP(=O)(OCc2ccccc2)OCc2ccccc2)nn2ccccc12)c1c(F)c(F)c(-c2ccccc2)c(F)c1F. The molecule has 11 nitrogen and oxygen atoms in total. The number of imide groups is 1. The lowest BCUT2D eigenvalue weighted by molar-refractivity contribution is 0.0418. The van der Waals surface area contributed by atoms with Crippen LogP contribution in [0, 0.1) is 23.3 Å². The topological polar surface area (TPSA) is 118 Å². The van der Waals surface area contributed by atoms with Crippen molar-refractivity contribution in [3.63, 3.8) is 0 Å². The minimum atomic E-state index is -4.43. The van der Waals surface area contributed by atoms with Gasteiger partial charge in [0, 0.05) is 6.20 Å². The number of hydrogen-bond donors (Lipinski definition) is 0. The third-order valence-corrected chi connectivity index (χ3v) is 9.21. The molecule has 0 aliphatic carbocycles. The van der Waals surface area contributed by atoms with Gasteiger partial charge in [-0.2, -0.15) is 0 Å². The summed E-state index contributed by atoms with van der Waals surface area (Å²) >= 11 is 0. The maximum absolute atomic E-state index is 16.1. The Morgan fingerprint density at radius 1 is 0.714 bits per heavy atom. The van der Waals surface area contributed by atoms with Crippen molar-refractivity contribution >= 4 is 31.0 Å². The van der Waals surface area contributed by atoms with E-state index in [0.717, 1.165) is 4.52 Å². The number of anilines is 1. The van der Waals surface area contributed by atoms with E-state index in [2.05, 4.69) is 5.10 Å². The molecule has 0 spiro atoms. The maximum atomic E-state index is 16.1. The van der Waals surface area contributed by atoms with Gasteiger partial charge >= 0.3 is 13.9 Å². The Hall–Kier alpha value is -5.86.